The zero-order valence-electron chi connectivity index (χ0n) is 15.3. The summed E-state index contributed by atoms with van der Waals surface area (Å²) in [5, 5.41) is 23.3. The molecule has 0 aromatic rings. The molecule has 24 heavy (non-hydrogen) atoms. The third-order valence-electron chi connectivity index (χ3n) is 4.52. The Morgan fingerprint density at radius 2 is 1.38 bits per heavy atom. The van der Waals surface area contributed by atoms with Crippen LogP contribution in [-0.4, -0.2) is 29.7 Å². The molecule has 0 bridgehead atoms. The van der Waals surface area contributed by atoms with Crippen molar-refractivity contribution >= 4 is 22.1 Å². The summed E-state index contributed by atoms with van der Waals surface area (Å²) < 4.78 is 30.4. The van der Waals surface area contributed by atoms with Gasteiger partial charge in [0.15, 0.2) is 0 Å². The van der Waals surface area contributed by atoms with Gasteiger partial charge in [-0.15, -0.1) is 0 Å². The fourth-order valence-electron chi connectivity index (χ4n) is 3.09. The molecule has 0 rings (SSSR count). The third kappa shape index (κ3) is 5.67. The van der Waals surface area contributed by atoms with Gasteiger partial charge in [-0.3, -0.25) is 4.55 Å². The SMILES string of the molecule is CCCCCCC(C(=O)[O-])(C(CC)(CC)C(=O)[O-])S(=O)(=O)O.[Na+].[Na+]. The molecule has 0 aliphatic heterocycles. The number of carboxylic acid groups (broad SMARTS) is 2. The number of hydrogen-bond donors (Lipinski definition) is 1. The topological polar surface area (TPSA) is 135 Å². The number of carbonyl (C=O) groups is 2. The Kier molecular flexibility index (Phi) is 15.1. The van der Waals surface area contributed by atoms with Gasteiger partial charge in [0.05, 0.1) is 5.97 Å². The molecule has 0 aromatic carbocycles. The predicted octanol–water partition coefficient (Wildman–Crippen LogP) is -6.10. The van der Waals surface area contributed by atoms with Crippen LogP contribution >= 0.6 is 0 Å². The number of unbranched alkanes of at least 4 members (excludes halogenated alkanes) is 3. The van der Waals surface area contributed by atoms with Gasteiger partial charge >= 0.3 is 59.1 Å². The smallest absolute Gasteiger partial charge is 0.549 e. The van der Waals surface area contributed by atoms with Crippen LogP contribution in [-0.2, 0) is 19.7 Å². The van der Waals surface area contributed by atoms with Crippen molar-refractivity contribution in [3.05, 3.63) is 0 Å². The molecule has 0 aliphatic rings. The molecule has 0 radical (unpaired) electrons. The van der Waals surface area contributed by atoms with Gasteiger partial charge in [-0.2, -0.15) is 8.42 Å². The number of hydrogen-bond acceptors (Lipinski definition) is 6. The molecular weight excluding hydrogens is 358 g/mol. The van der Waals surface area contributed by atoms with Crippen molar-refractivity contribution in [2.45, 2.75) is 70.5 Å². The fourth-order valence-corrected chi connectivity index (χ4v) is 4.57. The van der Waals surface area contributed by atoms with Crippen LogP contribution in [0.25, 0.3) is 0 Å². The normalized spacial score (nSPS) is 14.0. The molecule has 0 saturated heterocycles. The molecular formula is C14H24Na2O7S. The van der Waals surface area contributed by atoms with E-state index in [1.54, 1.807) is 0 Å². The molecule has 0 saturated carbocycles. The number of carbonyl (C=O) groups excluding carboxylic acids is 2. The Balaban J connectivity index is -0.00000220. The van der Waals surface area contributed by atoms with E-state index in [0.29, 0.717) is 6.42 Å². The van der Waals surface area contributed by atoms with E-state index in [4.69, 9.17) is 0 Å². The van der Waals surface area contributed by atoms with E-state index in [-0.39, 0.29) is 78.4 Å². The maximum Gasteiger partial charge on any atom is 1.00 e. The standard InChI is InChI=1S/C14H26O7S.2Na/c1-4-7-8-9-10-14(12(17)18,22(19,20)21)13(5-2,6-3)11(15)16;;/h4-10H2,1-3H3,(H,15,16)(H,17,18)(H,19,20,21);;/q;2*+1/p-2. The van der Waals surface area contributed by atoms with Gasteiger partial charge in [-0.1, -0.05) is 46.5 Å². The first-order chi connectivity index (χ1) is 10.1. The molecule has 0 amide bonds. The summed E-state index contributed by atoms with van der Waals surface area (Å²) in [4.78, 5) is 23.3. The summed E-state index contributed by atoms with van der Waals surface area (Å²) in [6.07, 6.45) is 1.10. The van der Waals surface area contributed by atoms with Crippen LogP contribution in [0.4, 0.5) is 0 Å². The Bertz CT molecular complexity index is 503. The van der Waals surface area contributed by atoms with Crippen molar-refractivity contribution in [1.82, 2.24) is 0 Å². The maximum atomic E-state index is 11.9. The van der Waals surface area contributed by atoms with Crippen LogP contribution in [0.1, 0.15) is 65.7 Å². The minimum absolute atomic E-state index is 0. The average molecular weight is 382 g/mol. The zero-order valence-corrected chi connectivity index (χ0v) is 20.1. The quantitative estimate of drug-likeness (QED) is 0.213. The van der Waals surface area contributed by atoms with Gasteiger partial charge in [-0.05, 0) is 19.3 Å². The van der Waals surface area contributed by atoms with E-state index in [9.17, 15) is 32.8 Å². The second kappa shape index (κ2) is 12.3. The number of aliphatic carboxylic acids is 2. The van der Waals surface area contributed by atoms with Crippen molar-refractivity contribution < 1.29 is 91.9 Å². The molecule has 1 N–H and O–H groups in total. The summed E-state index contributed by atoms with van der Waals surface area (Å²) in [6.45, 7) is 4.63. The van der Waals surface area contributed by atoms with Gasteiger partial charge in [0, 0.05) is 11.4 Å². The van der Waals surface area contributed by atoms with E-state index in [1.165, 1.54) is 13.8 Å². The van der Waals surface area contributed by atoms with Crippen LogP contribution in [0, 0.1) is 5.41 Å². The molecule has 7 nitrogen and oxygen atoms in total. The molecule has 10 heteroatoms. The Hall–Kier alpha value is 0.850. The largest absolute Gasteiger partial charge is 1.00 e. The Labute approximate surface area is 188 Å². The molecule has 0 heterocycles. The van der Waals surface area contributed by atoms with E-state index in [2.05, 4.69) is 0 Å². The third-order valence-corrected chi connectivity index (χ3v) is 6.17. The van der Waals surface area contributed by atoms with Crippen LogP contribution in [0.3, 0.4) is 0 Å². The predicted molar refractivity (Wildman–Crippen MR) is 76.1 cm³/mol. The average Bonchev–Trinajstić information content (AvgIpc) is 2.40. The number of rotatable bonds is 11. The summed E-state index contributed by atoms with van der Waals surface area (Å²) in [5.74, 6) is -3.91. The van der Waals surface area contributed by atoms with Crippen LogP contribution in [0.2, 0.25) is 0 Å². The molecule has 130 valence electrons. The monoisotopic (exact) mass is 382 g/mol. The van der Waals surface area contributed by atoms with Crippen molar-refractivity contribution in [3.63, 3.8) is 0 Å². The Morgan fingerprint density at radius 1 is 0.917 bits per heavy atom. The number of carboxylic acids is 2. The van der Waals surface area contributed by atoms with Crippen LogP contribution < -0.4 is 69.3 Å². The summed E-state index contributed by atoms with van der Waals surface area (Å²) in [5.41, 5.74) is -2.24. The van der Waals surface area contributed by atoms with E-state index in [1.807, 2.05) is 6.92 Å². The first-order valence-corrected chi connectivity index (χ1v) is 8.91. The van der Waals surface area contributed by atoms with E-state index >= 15 is 0 Å². The van der Waals surface area contributed by atoms with Crippen LogP contribution in [0.15, 0.2) is 0 Å². The minimum atomic E-state index is -5.22. The van der Waals surface area contributed by atoms with E-state index in [0.717, 1.165) is 12.8 Å². The molecule has 0 aromatic heterocycles. The van der Waals surface area contributed by atoms with Crippen LogP contribution in [0.5, 0.6) is 0 Å². The van der Waals surface area contributed by atoms with E-state index < -0.39 is 38.6 Å². The Morgan fingerprint density at radius 3 is 1.62 bits per heavy atom. The van der Waals surface area contributed by atoms with Gasteiger partial charge in [0.2, 0.25) is 0 Å². The second-order valence-electron chi connectivity index (χ2n) is 5.48. The first kappa shape index (κ1) is 29.6. The molecule has 0 aliphatic carbocycles. The van der Waals surface area contributed by atoms with Gasteiger partial charge < -0.3 is 19.8 Å². The van der Waals surface area contributed by atoms with Crippen molar-refractivity contribution in [2.24, 2.45) is 5.41 Å². The molecule has 0 spiro atoms. The van der Waals surface area contributed by atoms with Gasteiger partial charge in [-0.25, -0.2) is 0 Å². The molecule has 1 atom stereocenters. The summed E-state index contributed by atoms with van der Waals surface area (Å²) in [6, 6.07) is 0. The molecule has 1 unspecified atom stereocenters. The van der Waals surface area contributed by atoms with Crippen molar-refractivity contribution in [3.8, 4) is 0 Å². The molecule has 0 fully saturated rings. The van der Waals surface area contributed by atoms with Gasteiger partial charge in [0.1, 0.15) is 4.75 Å². The first-order valence-electron chi connectivity index (χ1n) is 7.47. The van der Waals surface area contributed by atoms with Crippen molar-refractivity contribution in [1.29, 1.82) is 0 Å². The van der Waals surface area contributed by atoms with Gasteiger partial charge in [0.25, 0.3) is 10.1 Å². The fraction of sp³-hybridized carbons (Fsp3) is 0.857. The second-order valence-corrected chi connectivity index (χ2v) is 7.12. The maximum absolute atomic E-state index is 11.9. The summed E-state index contributed by atoms with van der Waals surface area (Å²) >= 11 is 0. The minimum Gasteiger partial charge on any atom is -0.549 e. The van der Waals surface area contributed by atoms with Crippen molar-refractivity contribution in [2.75, 3.05) is 0 Å². The zero-order chi connectivity index (χ0) is 17.6. The summed E-state index contributed by atoms with van der Waals surface area (Å²) in [7, 11) is -5.22.